The Morgan fingerprint density at radius 1 is 0.743 bits per heavy atom. The topological polar surface area (TPSA) is 37.2 Å². The number of para-hydroxylation sites is 2. The van der Waals surface area contributed by atoms with Gasteiger partial charge in [0, 0.05) is 26.2 Å². The number of rotatable bonds is 6. The first kappa shape index (κ1) is 21.8. The molecule has 2 aliphatic rings. The van der Waals surface area contributed by atoms with E-state index in [1.54, 1.807) is 5.57 Å². The minimum absolute atomic E-state index is 0.815. The minimum Gasteiger partial charge on any atom is -0.362 e. The highest BCUT2D eigenvalue weighted by molar-refractivity contribution is 5.82. The summed E-state index contributed by atoms with van der Waals surface area (Å²) >= 11 is 0. The molecule has 0 amide bonds. The van der Waals surface area contributed by atoms with Gasteiger partial charge in [0.05, 0.1) is 17.9 Å². The lowest BCUT2D eigenvalue weighted by atomic mass is 9.92. The van der Waals surface area contributed by atoms with Crippen LogP contribution in [0.15, 0.2) is 90.5 Å². The molecule has 0 radical (unpaired) electrons. The van der Waals surface area contributed by atoms with Gasteiger partial charge in [-0.15, -0.1) is 10.2 Å². The number of benzene rings is 3. The van der Waals surface area contributed by atoms with Gasteiger partial charge in [0.15, 0.2) is 5.82 Å². The van der Waals surface area contributed by atoms with Crippen molar-refractivity contribution in [1.82, 2.24) is 19.7 Å². The minimum atomic E-state index is 0.815. The Bertz CT molecular complexity index is 1300. The molecule has 1 fully saturated rings. The highest BCUT2D eigenvalue weighted by atomic mass is 15.3. The summed E-state index contributed by atoms with van der Waals surface area (Å²) in [6.07, 6.45) is 2.26. The van der Waals surface area contributed by atoms with Crippen molar-refractivity contribution in [3.8, 4) is 5.69 Å². The molecule has 0 atom stereocenters. The third-order valence-corrected chi connectivity index (χ3v) is 7.21. The SMILES string of the molecule is Cc1nnc2n1-c1ccccc1N(CCCN1CCC(=C(c3ccccc3)c3ccccc3)C1)C2. The predicted molar refractivity (Wildman–Crippen MR) is 142 cm³/mol. The Morgan fingerprint density at radius 3 is 2.11 bits per heavy atom. The summed E-state index contributed by atoms with van der Waals surface area (Å²) < 4.78 is 2.19. The Balaban J connectivity index is 1.16. The summed E-state index contributed by atoms with van der Waals surface area (Å²) in [5, 5.41) is 8.76. The van der Waals surface area contributed by atoms with Crippen molar-refractivity contribution < 1.29 is 0 Å². The number of fused-ring (bicyclic) bond motifs is 3. The molecule has 6 rings (SSSR count). The average Bonchev–Trinajstić information content (AvgIpc) is 3.52. The Morgan fingerprint density at radius 2 is 1.40 bits per heavy atom. The molecular formula is C30H31N5. The summed E-state index contributed by atoms with van der Waals surface area (Å²) in [7, 11) is 0. The molecular weight excluding hydrogens is 430 g/mol. The molecule has 35 heavy (non-hydrogen) atoms. The zero-order valence-corrected chi connectivity index (χ0v) is 20.3. The van der Waals surface area contributed by atoms with E-state index in [2.05, 4.69) is 109 Å². The van der Waals surface area contributed by atoms with Crippen LogP contribution in [0.3, 0.4) is 0 Å². The van der Waals surface area contributed by atoms with E-state index in [0.717, 1.165) is 57.2 Å². The molecule has 3 heterocycles. The van der Waals surface area contributed by atoms with Gasteiger partial charge < -0.3 is 4.90 Å². The van der Waals surface area contributed by atoms with Gasteiger partial charge in [-0.1, -0.05) is 72.8 Å². The molecule has 5 heteroatoms. The second-order valence-corrected chi connectivity index (χ2v) is 9.50. The van der Waals surface area contributed by atoms with Crippen molar-refractivity contribution in [2.75, 3.05) is 31.1 Å². The van der Waals surface area contributed by atoms with Gasteiger partial charge in [-0.05, 0) is 54.2 Å². The summed E-state index contributed by atoms with van der Waals surface area (Å²) in [5.74, 6) is 1.99. The van der Waals surface area contributed by atoms with Crippen molar-refractivity contribution in [3.05, 3.63) is 113 Å². The van der Waals surface area contributed by atoms with Crippen LogP contribution >= 0.6 is 0 Å². The van der Waals surface area contributed by atoms with Crippen LogP contribution in [0.25, 0.3) is 11.3 Å². The number of anilines is 1. The predicted octanol–water partition coefficient (Wildman–Crippen LogP) is 5.49. The number of aryl methyl sites for hydroxylation is 1. The normalized spacial score (nSPS) is 15.2. The first-order chi connectivity index (χ1) is 17.3. The molecule has 1 saturated heterocycles. The molecule has 0 unspecified atom stereocenters. The van der Waals surface area contributed by atoms with E-state index in [-0.39, 0.29) is 0 Å². The molecule has 0 N–H and O–H groups in total. The lowest BCUT2D eigenvalue weighted by molar-refractivity contribution is 0.339. The fraction of sp³-hybridized carbons (Fsp3) is 0.267. The number of hydrogen-bond acceptors (Lipinski definition) is 4. The van der Waals surface area contributed by atoms with E-state index in [9.17, 15) is 0 Å². The van der Waals surface area contributed by atoms with E-state index < -0.39 is 0 Å². The van der Waals surface area contributed by atoms with E-state index in [0.29, 0.717) is 0 Å². The van der Waals surface area contributed by atoms with E-state index in [4.69, 9.17) is 0 Å². The monoisotopic (exact) mass is 461 g/mol. The summed E-state index contributed by atoms with van der Waals surface area (Å²) in [6.45, 7) is 7.13. The zero-order chi connectivity index (χ0) is 23.6. The van der Waals surface area contributed by atoms with E-state index in [1.807, 2.05) is 6.92 Å². The third-order valence-electron chi connectivity index (χ3n) is 7.21. The lowest BCUT2D eigenvalue weighted by Crippen LogP contribution is -2.33. The van der Waals surface area contributed by atoms with Crippen LogP contribution in [0.4, 0.5) is 5.69 Å². The molecule has 2 aliphatic heterocycles. The van der Waals surface area contributed by atoms with Crippen molar-refractivity contribution in [2.24, 2.45) is 0 Å². The highest BCUT2D eigenvalue weighted by Gasteiger charge is 2.25. The van der Waals surface area contributed by atoms with Gasteiger partial charge in [-0.25, -0.2) is 0 Å². The van der Waals surface area contributed by atoms with Crippen LogP contribution in [0.5, 0.6) is 0 Å². The maximum atomic E-state index is 4.43. The Hall–Kier alpha value is -3.70. The van der Waals surface area contributed by atoms with Crippen LogP contribution in [0.2, 0.25) is 0 Å². The van der Waals surface area contributed by atoms with Crippen LogP contribution < -0.4 is 4.90 Å². The van der Waals surface area contributed by atoms with Gasteiger partial charge in [0.1, 0.15) is 5.82 Å². The zero-order valence-electron chi connectivity index (χ0n) is 20.3. The highest BCUT2D eigenvalue weighted by Crippen LogP contribution is 2.33. The van der Waals surface area contributed by atoms with Crippen LogP contribution in [0.1, 0.15) is 35.6 Å². The fourth-order valence-electron chi connectivity index (χ4n) is 5.58. The van der Waals surface area contributed by atoms with Gasteiger partial charge in [0.2, 0.25) is 0 Å². The van der Waals surface area contributed by atoms with Gasteiger partial charge in [-0.3, -0.25) is 9.47 Å². The maximum absolute atomic E-state index is 4.43. The number of hydrogen-bond donors (Lipinski definition) is 0. The molecule has 4 aromatic rings. The fourth-order valence-corrected chi connectivity index (χ4v) is 5.58. The summed E-state index contributed by atoms with van der Waals surface area (Å²) in [5.41, 5.74) is 8.07. The van der Waals surface area contributed by atoms with Crippen molar-refractivity contribution >= 4 is 11.3 Å². The first-order valence-electron chi connectivity index (χ1n) is 12.6. The largest absolute Gasteiger partial charge is 0.362 e. The number of nitrogens with zero attached hydrogens (tertiary/aromatic N) is 5. The molecule has 0 spiro atoms. The van der Waals surface area contributed by atoms with Gasteiger partial charge >= 0.3 is 0 Å². The lowest BCUT2D eigenvalue weighted by Gasteiger charge is -2.32. The molecule has 3 aromatic carbocycles. The number of likely N-dealkylation sites (tertiary alicyclic amines) is 1. The van der Waals surface area contributed by atoms with Crippen LogP contribution in [-0.4, -0.2) is 45.8 Å². The van der Waals surface area contributed by atoms with E-state index >= 15 is 0 Å². The maximum Gasteiger partial charge on any atom is 0.157 e. The second kappa shape index (κ2) is 9.51. The smallest absolute Gasteiger partial charge is 0.157 e. The van der Waals surface area contributed by atoms with Gasteiger partial charge in [0.25, 0.3) is 0 Å². The molecule has 0 saturated carbocycles. The molecule has 0 aliphatic carbocycles. The standard InChI is InChI=1S/C30H31N5/c1-23-31-32-29-22-34(27-15-8-9-16-28(27)35(23)29)19-10-18-33-20-17-26(21-33)30(24-11-4-2-5-12-24)25-13-6-3-7-14-25/h2-9,11-16H,10,17-22H2,1H3. The van der Waals surface area contributed by atoms with Gasteiger partial charge in [-0.2, -0.15) is 0 Å². The Labute approximate surface area is 207 Å². The second-order valence-electron chi connectivity index (χ2n) is 9.50. The Kier molecular flexibility index (Phi) is 5.93. The van der Waals surface area contributed by atoms with Crippen molar-refractivity contribution in [3.63, 3.8) is 0 Å². The third kappa shape index (κ3) is 4.28. The first-order valence-corrected chi connectivity index (χ1v) is 12.6. The van der Waals surface area contributed by atoms with Crippen molar-refractivity contribution in [2.45, 2.75) is 26.3 Å². The molecule has 0 bridgehead atoms. The number of aromatic nitrogens is 3. The molecule has 5 nitrogen and oxygen atoms in total. The average molecular weight is 462 g/mol. The quantitative estimate of drug-likeness (QED) is 0.380. The van der Waals surface area contributed by atoms with Crippen LogP contribution in [0, 0.1) is 6.92 Å². The summed E-state index contributed by atoms with van der Waals surface area (Å²) in [4.78, 5) is 5.08. The molecule has 176 valence electrons. The summed E-state index contributed by atoms with van der Waals surface area (Å²) in [6, 6.07) is 30.4. The van der Waals surface area contributed by atoms with Crippen molar-refractivity contribution in [1.29, 1.82) is 0 Å². The molecule has 1 aromatic heterocycles. The van der Waals surface area contributed by atoms with Crippen LogP contribution in [-0.2, 0) is 6.54 Å². The van der Waals surface area contributed by atoms with E-state index in [1.165, 1.54) is 28.1 Å².